The molecule has 0 aliphatic heterocycles. The molecule has 0 spiro atoms. The molecule has 0 aromatic heterocycles. The van der Waals surface area contributed by atoms with Crippen LogP contribution in [-0.2, 0) is 6.42 Å². The molecule has 86 valence electrons. The van der Waals surface area contributed by atoms with Gasteiger partial charge in [-0.3, -0.25) is 0 Å². The Labute approximate surface area is 97.5 Å². The fraction of sp³-hybridized carbons (Fsp3) is 0.500. The van der Waals surface area contributed by atoms with Crippen LogP contribution in [0.3, 0.4) is 0 Å². The van der Waals surface area contributed by atoms with Crippen molar-refractivity contribution in [3.05, 3.63) is 28.8 Å². The highest BCUT2D eigenvalue weighted by molar-refractivity contribution is 5.47. The average molecular weight is 217 g/mol. The highest BCUT2D eigenvalue weighted by Crippen LogP contribution is 2.34. The molecule has 16 heavy (non-hydrogen) atoms. The number of hydrogen-bond donors (Lipinski definition) is 1. The van der Waals surface area contributed by atoms with E-state index in [1.807, 2.05) is 12.1 Å². The molecule has 2 nitrogen and oxygen atoms in total. The predicted molar refractivity (Wildman–Crippen MR) is 65.6 cm³/mol. The quantitative estimate of drug-likeness (QED) is 0.838. The number of hydrogen-bond acceptors (Lipinski definition) is 2. The number of nitriles is 1. The van der Waals surface area contributed by atoms with Crippen LogP contribution in [0.4, 0.5) is 0 Å². The monoisotopic (exact) mass is 217 g/mol. The van der Waals surface area contributed by atoms with Gasteiger partial charge in [0.25, 0.3) is 0 Å². The number of benzene rings is 1. The van der Waals surface area contributed by atoms with Gasteiger partial charge in [-0.05, 0) is 28.5 Å². The molecular formula is C14H19NO. The maximum absolute atomic E-state index is 10.1. The number of nitrogens with zero attached hydrogens (tertiary/aromatic N) is 1. The van der Waals surface area contributed by atoms with Crippen LogP contribution in [0.2, 0.25) is 0 Å². The van der Waals surface area contributed by atoms with Gasteiger partial charge in [0.1, 0.15) is 5.75 Å². The number of phenols is 1. The Morgan fingerprint density at radius 1 is 1.12 bits per heavy atom. The van der Waals surface area contributed by atoms with Crippen molar-refractivity contribution in [2.45, 2.75) is 46.0 Å². The van der Waals surface area contributed by atoms with Crippen molar-refractivity contribution >= 4 is 0 Å². The topological polar surface area (TPSA) is 44.0 Å². The summed E-state index contributed by atoms with van der Waals surface area (Å²) in [6, 6.07) is 6.03. The van der Waals surface area contributed by atoms with Crippen LogP contribution >= 0.6 is 0 Å². The van der Waals surface area contributed by atoms with Gasteiger partial charge in [-0.25, -0.2) is 0 Å². The molecule has 1 rings (SSSR count). The number of rotatable bonds is 3. The van der Waals surface area contributed by atoms with E-state index in [1.165, 1.54) is 0 Å². The maximum Gasteiger partial charge on any atom is 0.122 e. The Hall–Kier alpha value is -1.49. The summed E-state index contributed by atoms with van der Waals surface area (Å²) < 4.78 is 0. The van der Waals surface area contributed by atoms with Gasteiger partial charge < -0.3 is 5.11 Å². The summed E-state index contributed by atoms with van der Waals surface area (Å²) in [4.78, 5) is 0. The molecule has 0 radical (unpaired) electrons. The molecule has 0 heterocycles. The van der Waals surface area contributed by atoms with Crippen LogP contribution in [0.5, 0.6) is 5.75 Å². The number of phenolic OH excluding ortho intramolecular Hbond substituents is 1. The first-order valence-corrected chi connectivity index (χ1v) is 5.70. The Balaban J connectivity index is 3.34. The average Bonchev–Trinajstić information content (AvgIpc) is 2.19. The molecule has 0 fully saturated rings. The Morgan fingerprint density at radius 3 is 1.88 bits per heavy atom. The second-order valence-electron chi connectivity index (χ2n) is 4.77. The summed E-state index contributed by atoms with van der Waals surface area (Å²) in [5, 5.41) is 18.9. The fourth-order valence-electron chi connectivity index (χ4n) is 1.82. The zero-order valence-corrected chi connectivity index (χ0v) is 10.4. The molecule has 0 saturated carbocycles. The lowest BCUT2D eigenvalue weighted by Gasteiger charge is -2.16. The van der Waals surface area contributed by atoms with Gasteiger partial charge in [-0.15, -0.1) is 0 Å². The Morgan fingerprint density at radius 2 is 1.56 bits per heavy atom. The standard InChI is InChI=1S/C14H19NO/c1-9(2)12-7-11(5-6-15)8-13(10(3)4)14(12)16/h7-10,16H,5H2,1-4H3. The van der Waals surface area contributed by atoms with Crippen LogP contribution in [0.15, 0.2) is 12.1 Å². The summed E-state index contributed by atoms with van der Waals surface area (Å²) in [7, 11) is 0. The van der Waals surface area contributed by atoms with Crippen LogP contribution in [0, 0.1) is 11.3 Å². The van der Waals surface area contributed by atoms with E-state index in [1.54, 1.807) is 0 Å². The van der Waals surface area contributed by atoms with Gasteiger partial charge in [0.2, 0.25) is 0 Å². The van der Waals surface area contributed by atoms with E-state index in [-0.39, 0.29) is 11.8 Å². The van der Waals surface area contributed by atoms with E-state index in [2.05, 4.69) is 33.8 Å². The molecular weight excluding hydrogens is 198 g/mol. The molecule has 0 unspecified atom stereocenters. The van der Waals surface area contributed by atoms with E-state index in [9.17, 15) is 5.11 Å². The summed E-state index contributed by atoms with van der Waals surface area (Å²) in [5.74, 6) is 0.943. The second kappa shape index (κ2) is 5.03. The molecule has 2 heteroatoms. The minimum Gasteiger partial charge on any atom is -0.507 e. The van der Waals surface area contributed by atoms with Gasteiger partial charge in [-0.2, -0.15) is 5.26 Å². The first-order chi connectivity index (χ1) is 7.47. The van der Waals surface area contributed by atoms with Gasteiger partial charge in [-0.1, -0.05) is 39.8 Å². The molecule has 1 aromatic carbocycles. The molecule has 0 saturated heterocycles. The smallest absolute Gasteiger partial charge is 0.122 e. The Kier molecular flexibility index (Phi) is 3.95. The fourth-order valence-corrected chi connectivity index (χ4v) is 1.82. The summed E-state index contributed by atoms with van der Waals surface area (Å²) >= 11 is 0. The van der Waals surface area contributed by atoms with Crippen LogP contribution in [-0.4, -0.2) is 5.11 Å². The molecule has 0 bridgehead atoms. The second-order valence-corrected chi connectivity index (χ2v) is 4.77. The molecule has 0 atom stereocenters. The largest absolute Gasteiger partial charge is 0.507 e. The minimum absolute atomic E-state index is 0.274. The molecule has 1 aromatic rings. The zero-order valence-electron chi connectivity index (χ0n) is 10.4. The van der Waals surface area contributed by atoms with Crippen LogP contribution < -0.4 is 0 Å². The van der Waals surface area contributed by atoms with Crippen molar-refractivity contribution in [3.8, 4) is 11.8 Å². The van der Waals surface area contributed by atoms with Gasteiger partial charge in [0.15, 0.2) is 0 Å². The highest BCUT2D eigenvalue weighted by Gasteiger charge is 2.14. The van der Waals surface area contributed by atoms with Crippen molar-refractivity contribution in [1.82, 2.24) is 0 Å². The maximum atomic E-state index is 10.1. The number of aromatic hydroxyl groups is 1. The van der Waals surface area contributed by atoms with Gasteiger partial charge in [0, 0.05) is 0 Å². The third-order valence-electron chi connectivity index (χ3n) is 2.76. The summed E-state index contributed by atoms with van der Waals surface area (Å²) in [5.41, 5.74) is 2.88. The first-order valence-electron chi connectivity index (χ1n) is 5.70. The third kappa shape index (κ3) is 2.55. The van der Waals surface area contributed by atoms with E-state index < -0.39 is 0 Å². The van der Waals surface area contributed by atoms with Gasteiger partial charge >= 0.3 is 0 Å². The Bertz CT molecular complexity index is 384. The van der Waals surface area contributed by atoms with Crippen molar-refractivity contribution in [3.63, 3.8) is 0 Å². The zero-order chi connectivity index (χ0) is 12.3. The first kappa shape index (κ1) is 12.6. The normalized spacial score (nSPS) is 10.8. The summed E-state index contributed by atoms with van der Waals surface area (Å²) in [6.45, 7) is 8.20. The van der Waals surface area contributed by atoms with E-state index in [0.717, 1.165) is 16.7 Å². The van der Waals surface area contributed by atoms with Crippen molar-refractivity contribution in [2.75, 3.05) is 0 Å². The SMILES string of the molecule is CC(C)c1cc(CC#N)cc(C(C)C)c1O. The van der Waals surface area contributed by atoms with Crippen LogP contribution in [0.1, 0.15) is 56.2 Å². The van der Waals surface area contributed by atoms with Gasteiger partial charge in [0.05, 0.1) is 12.5 Å². The van der Waals surface area contributed by atoms with E-state index >= 15 is 0 Å². The molecule has 0 amide bonds. The summed E-state index contributed by atoms with van der Waals surface area (Å²) in [6.07, 6.45) is 0.403. The van der Waals surface area contributed by atoms with E-state index in [0.29, 0.717) is 12.2 Å². The highest BCUT2D eigenvalue weighted by atomic mass is 16.3. The van der Waals surface area contributed by atoms with Crippen LogP contribution in [0.25, 0.3) is 0 Å². The molecule has 0 aliphatic rings. The predicted octanol–water partition coefficient (Wildman–Crippen LogP) is 3.71. The lowest BCUT2D eigenvalue weighted by Crippen LogP contribution is -1.98. The van der Waals surface area contributed by atoms with Crippen molar-refractivity contribution in [1.29, 1.82) is 5.26 Å². The third-order valence-corrected chi connectivity index (χ3v) is 2.76. The molecule has 1 N–H and O–H groups in total. The molecule has 0 aliphatic carbocycles. The minimum atomic E-state index is 0.274. The lowest BCUT2D eigenvalue weighted by molar-refractivity contribution is 0.454. The lowest BCUT2D eigenvalue weighted by atomic mass is 9.91. The van der Waals surface area contributed by atoms with Crippen molar-refractivity contribution in [2.24, 2.45) is 0 Å². The van der Waals surface area contributed by atoms with E-state index in [4.69, 9.17) is 5.26 Å². The van der Waals surface area contributed by atoms with Crippen molar-refractivity contribution < 1.29 is 5.11 Å².